The molecule has 0 saturated carbocycles. The summed E-state index contributed by atoms with van der Waals surface area (Å²) in [7, 11) is 0. The third-order valence-electron chi connectivity index (χ3n) is 2.42. The predicted octanol–water partition coefficient (Wildman–Crippen LogP) is 3.88. The van der Waals surface area contributed by atoms with Gasteiger partial charge in [-0.3, -0.25) is 0 Å². The fourth-order valence-corrected chi connectivity index (χ4v) is 1.84. The van der Waals surface area contributed by atoms with Gasteiger partial charge in [-0.1, -0.05) is 15.9 Å². The van der Waals surface area contributed by atoms with Gasteiger partial charge in [0.25, 0.3) is 0 Å². The average Bonchev–Trinajstić information content (AvgIpc) is 2.30. The molecule has 1 heterocycles. The highest BCUT2D eigenvalue weighted by atomic mass is 79.9. The molecule has 2 aromatic rings. The second kappa shape index (κ2) is 5.12. The van der Waals surface area contributed by atoms with Gasteiger partial charge in [0.2, 0.25) is 11.2 Å². The lowest BCUT2D eigenvalue weighted by Crippen LogP contribution is -2.01. The zero-order valence-electron chi connectivity index (χ0n) is 9.87. The molecule has 0 aliphatic rings. The highest BCUT2D eigenvalue weighted by Crippen LogP contribution is 2.30. The number of nitrogens with zero attached hydrogens (tertiary/aromatic N) is 2. The van der Waals surface area contributed by atoms with Gasteiger partial charge < -0.3 is 10.5 Å². The second-order valence-corrected chi connectivity index (χ2v) is 5.00. The lowest BCUT2D eigenvalue weighted by atomic mass is 10.2. The molecule has 94 valence electrons. The fourth-order valence-electron chi connectivity index (χ4n) is 1.39. The largest absolute Gasteiger partial charge is 0.437 e. The maximum Gasteiger partial charge on any atom is 0.247 e. The second-order valence-electron chi connectivity index (χ2n) is 3.81. The molecule has 0 amide bonds. The van der Waals surface area contributed by atoms with Gasteiger partial charge in [0.1, 0.15) is 11.4 Å². The first-order valence-electron chi connectivity index (χ1n) is 5.21. The van der Waals surface area contributed by atoms with Crippen LogP contribution in [0.2, 0.25) is 5.28 Å². The van der Waals surface area contributed by atoms with Gasteiger partial charge in [0, 0.05) is 4.47 Å². The topological polar surface area (TPSA) is 61.0 Å². The summed E-state index contributed by atoms with van der Waals surface area (Å²) < 4.78 is 6.64. The smallest absolute Gasteiger partial charge is 0.247 e. The number of aryl methyl sites for hydroxylation is 2. The SMILES string of the molecule is Cc1cc(Oc2nc(Cl)nc(C)c2N)ccc1Br. The number of rotatable bonds is 2. The van der Waals surface area contributed by atoms with Crippen molar-refractivity contribution in [3.63, 3.8) is 0 Å². The number of anilines is 1. The van der Waals surface area contributed by atoms with Crippen LogP contribution >= 0.6 is 27.5 Å². The Balaban J connectivity index is 2.36. The third-order valence-corrected chi connectivity index (χ3v) is 3.48. The zero-order valence-corrected chi connectivity index (χ0v) is 12.2. The lowest BCUT2D eigenvalue weighted by molar-refractivity contribution is 0.463. The van der Waals surface area contributed by atoms with Gasteiger partial charge in [-0.25, -0.2) is 4.98 Å². The van der Waals surface area contributed by atoms with Crippen molar-refractivity contribution >= 4 is 33.2 Å². The number of nitrogen functional groups attached to an aromatic ring is 1. The molecule has 18 heavy (non-hydrogen) atoms. The van der Waals surface area contributed by atoms with Gasteiger partial charge in [0.05, 0.1) is 5.69 Å². The molecule has 1 aromatic heterocycles. The summed E-state index contributed by atoms with van der Waals surface area (Å²) >= 11 is 9.21. The standard InChI is InChI=1S/C12H11BrClN3O/c1-6-5-8(3-4-9(6)13)18-11-10(15)7(2)16-12(14)17-11/h3-5H,15H2,1-2H3. The summed E-state index contributed by atoms with van der Waals surface area (Å²) in [6, 6.07) is 5.60. The van der Waals surface area contributed by atoms with Crippen molar-refractivity contribution in [3.8, 4) is 11.6 Å². The minimum atomic E-state index is 0.116. The Kier molecular flexibility index (Phi) is 3.73. The molecular weight excluding hydrogens is 318 g/mol. The molecule has 2 N–H and O–H groups in total. The van der Waals surface area contributed by atoms with Crippen molar-refractivity contribution in [2.45, 2.75) is 13.8 Å². The number of hydrogen-bond acceptors (Lipinski definition) is 4. The minimum Gasteiger partial charge on any atom is -0.437 e. The molecule has 0 aliphatic heterocycles. The molecule has 6 heteroatoms. The van der Waals surface area contributed by atoms with Crippen molar-refractivity contribution in [3.05, 3.63) is 39.2 Å². The van der Waals surface area contributed by atoms with E-state index in [0.29, 0.717) is 17.1 Å². The van der Waals surface area contributed by atoms with Crippen LogP contribution in [0.15, 0.2) is 22.7 Å². The van der Waals surface area contributed by atoms with Crippen LogP contribution in [0.3, 0.4) is 0 Å². The molecule has 0 saturated heterocycles. The number of ether oxygens (including phenoxy) is 1. The summed E-state index contributed by atoms with van der Waals surface area (Å²) in [4.78, 5) is 7.93. The van der Waals surface area contributed by atoms with E-state index in [1.54, 1.807) is 6.92 Å². The molecule has 0 atom stereocenters. The normalized spacial score (nSPS) is 10.4. The van der Waals surface area contributed by atoms with E-state index in [4.69, 9.17) is 22.1 Å². The quantitative estimate of drug-likeness (QED) is 0.850. The number of nitrogens with two attached hydrogens (primary N) is 1. The molecule has 0 fully saturated rings. The van der Waals surface area contributed by atoms with Crippen molar-refractivity contribution < 1.29 is 4.74 Å². The first-order chi connectivity index (χ1) is 8.47. The Morgan fingerprint density at radius 2 is 2.00 bits per heavy atom. The third kappa shape index (κ3) is 2.73. The van der Waals surface area contributed by atoms with Crippen LogP contribution in [0.25, 0.3) is 0 Å². The maximum absolute atomic E-state index is 5.85. The summed E-state index contributed by atoms with van der Waals surface area (Å²) in [5.41, 5.74) is 7.89. The molecule has 4 nitrogen and oxygen atoms in total. The van der Waals surface area contributed by atoms with Gasteiger partial charge >= 0.3 is 0 Å². The Bertz CT molecular complexity index is 604. The molecule has 0 unspecified atom stereocenters. The Morgan fingerprint density at radius 1 is 1.28 bits per heavy atom. The number of halogens is 2. The molecule has 0 bridgehead atoms. The molecule has 1 aromatic carbocycles. The van der Waals surface area contributed by atoms with Crippen LogP contribution in [0.5, 0.6) is 11.6 Å². The van der Waals surface area contributed by atoms with Gasteiger partial charge in [-0.05, 0) is 49.2 Å². The Labute approximate surface area is 118 Å². The molecule has 0 aliphatic carbocycles. The summed E-state index contributed by atoms with van der Waals surface area (Å²) in [6.07, 6.45) is 0. The Hall–Kier alpha value is -1.33. The van der Waals surface area contributed by atoms with Gasteiger partial charge in [-0.2, -0.15) is 4.98 Å². The molecule has 0 radical (unpaired) electrons. The van der Waals surface area contributed by atoms with Crippen LogP contribution in [0.4, 0.5) is 5.69 Å². The average molecular weight is 329 g/mol. The molecular formula is C12H11BrClN3O. The van der Waals surface area contributed by atoms with Gasteiger partial charge in [-0.15, -0.1) is 0 Å². The first-order valence-corrected chi connectivity index (χ1v) is 6.38. The van der Waals surface area contributed by atoms with E-state index in [9.17, 15) is 0 Å². The van der Waals surface area contributed by atoms with Crippen molar-refractivity contribution in [2.75, 3.05) is 5.73 Å². The van der Waals surface area contributed by atoms with E-state index in [2.05, 4.69) is 25.9 Å². The van der Waals surface area contributed by atoms with E-state index < -0.39 is 0 Å². The predicted molar refractivity (Wildman–Crippen MR) is 75.1 cm³/mol. The van der Waals surface area contributed by atoms with E-state index in [-0.39, 0.29) is 11.2 Å². The zero-order chi connectivity index (χ0) is 13.3. The van der Waals surface area contributed by atoms with E-state index in [0.717, 1.165) is 10.0 Å². The van der Waals surface area contributed by atoms with Gasteiger partial charge in [0.15, 0.2) is 0 Å². The van der Waals surface area contributed by atoms with Crippen LogP contribution in [0.1, 0.15) is 11.3 Å². The first kappa shape index (κ1) is 13.1. The van der Waals surface area contributed by atoms with Crippen molar-refractivity contribution in [2.24, 2.45) is 0 Å². The van der Waals surface area contributed by atoms with E-state index >= 15 is 0 Å². The number of hydrogen-bond donors (Lipinski definition) is 1. The van der Waals surface area contributed by atoms with E-state index in [1.807, 2.05) is 25.1 Å². The van der Waals surface area contributed by atoms with Crippen LogP contribution in [-0.2, 0) is 0 Å². The highest BCUT2D eigenvalue weighted by molar-refractivity contribution is 9.10. The van der Waals surface area contributed by atoms with Crippen molar-refractivity contribution in [1.82, 2.24) is 9.97 Å². The summed E-state index contributed by atoms with van der Waals surface area (Å²) in [5, 5.41) is 0.116. The summed E-state index contributed by atoms with van der Waals surface area (Å²) in [6.45, 7) is 3.72. The number of benzene rings is 1. The monoisotopic (exact) mass is 327 g/mol. The number of aromatic nitrogens is 2. The summed E-state index contributed by atoms with van der Waals surface area (Å²) in [5.74, 6) is 0.922. The highest BCUT2D eigenvalue weighted by Gasteiger charge is 2.10. The lowest BCUT2D eigenvalue weighted by Gasteiger charge is -2.10. The van der Waals surface area contributed by atoms with Crippen molar-refractivity contribution in [1.29, 1.82) is 0 Å². The fraction of sp³-hybridized carbons (Fsp3) is 0.167. The van der Waals surface area contributed by atoms with E-state index in [1.165, 1.54) is 0 Å². The molecule has 0 spiro atoms. The molecule has 2 rings (SSSR count). The minimum absolute atomic E-state index is 0.116. The van der Waals surface area contributed by atoms with Crippen LogP contribution < -0.4 is 10.5 Å². The maximum atomic E-state index is 5.85. The van der Waals surface area contributed by atoms with Crippen LogP contribution in [0, 0.1) is 13.8 Å². The Morgan fingerprint density at radius 3 is 2.67 bits per heavy atom. The van der Waals surface area contributed by atoms with Crippen LogP contribution in [-0.4, -0.2) is 9.97 Å².